The number of aromatic nitrogens is 2. The fraction of sp³-hybridized carbons (Fsp3) is 0.636. The third-order valence-corrected chi connectivity index (χ3v) is 2.67. The summed E-state index contributed by atoms with van der Waals surface area (Å²) in [6.45, 7) is 3.12. The molecule has 0 atom stereocenters. The van der Waals surface area contributed by atoms with E-state index >= 15 is 0 Å². The molecule has 0 aromatic carbocycles. The Morgan fingerprint density at radius 2 is 2.21 bits per heavy atom. The minimum absolute atomic E-state index is 0.0353. The van der Waals surface area contributed by atoms with Crippen LogP contribution in [0.5, 0.6) is 0 Å². The van der Waals surface area contributed by atoms with E-state index in [1.165, 1.54) is 0 Å². The van der Waals surface area contributed by atoms with Crippen molar-refractivity contribution in [3.8, 4) is 0 Å². The van der Waals surface area contributed by atoms with Gasteiger partial charge in [-0.25, -0.2) is 4.98 Å². The number of nitrogens with zero attached hydrogens (tertiary/aromatic N) is 4. The van der Waals surface area contributed by atoms with E-state index in [0.717, 1.165) is 25.5 Å². The first kappa shape index (κ1) is 15.1. The van der Waals surface area contributed by atoms with E-state index < -0.39 is 4.92 Å². The van der Waals surface area contributed by atoms with Crippen LogP contribution in [0.25, 0.3) is 0 Å². The zero-order valence-corrected chi connectivity index (χ0v) is 10.9. The Balaban J connectivity index is 2.84. The van der Waals surface area contributed by atoms with Crippen molar-refractivity contribution in [1.82, 2.24) is 9.97 Å². The quantitative estimate of drug-likeness (QED) is 0.409. The van der Waals surface area contributed by atoms with Crippen molar-refractivity contribution >= 4 is 17.5 Å². The van der Waals surface area contributed by atoms with Gasteiger partial charge in [0.2, 0.25) is 11.8 Å². The summed E-state index contributed by atoms with van der Waals surface area (Å²) in [5.41, 5.74) is 5.22. The van der Waals surface area contributed by atoms with Crippen LogP contribution < -0.4 is 10.6 Å². The molecule has 19 heavy (non-hydrogen) atoms. The molecule has 0 saturated carbocycles. The number of aliphatic hydroxyl groups is 1. The van der Waals surface area contributed by atoms with Gasteiger partial charge in [-0.05, 0) is 6.42 Å². The number of anilines is 2. The van der Waals surface area contributed by atoms with E-state index in [9.17, 15) is 10.1 Å². The molecule has 0 fully saturated rings. The molecule has 0 aliphatic heterocycles. The third-order valence-electron chi connectivity index (χ3n) is 2.67. The Hall–Kier alpha value is -1.96. The van der Waals surface area contributed by atoms with Gasteiger partial charge >= 0.3 is 5.69 Å². The highest BCUT2D eigenvalue weighted by molar-refractivity contribution is 5.53. The summed E-state index contributed by atoms with van der Waals surface area (Å²) in [7, 11) is 0. The SMILES string of the molecule is CCCCCN(CCO)c1ncc([N+](=O)[O-])c(N)n1. The van der Waals surface area contributed by atoms with Gasteiger partial charge in [0.1, 0.15) is 6.20 Å². The summed E-state index contributed by atoms with van der Waals surface area (Å²) in [4.78, 5) is 19.7. The first-order valence-electron chi connectivity index (χ1n) is 6.22. The van der Waals surface area contributed by atoms with E-state index in [-0.39, 0.29) is 18.1 Å². The molecule has 0 spiro atoms. The highest BCUT2D eigenvalue weighted by Gasteiger charge is 2.17. The number of nitrogens with two attached hydrogens (primary N) is 1. The Labute approximate surface area is 111 Å². The number of unbranched alkanes of at least 4 members (excludes halogenated alkanes) is 2. The molecule has 0 unspecified atom stereocenters. The standard InChI is InChI=1S/C11H19N5O3/c1-2-3-4-5-15(6-7-17)11-13-8-9(16(18)19)10(12)14-11/h8,17H,2-7H2,1H3,(H2,12,13,14). The molecular weight excluding hydrogens is 250 g/mol. The van der Waals surface area contributed by atoms with Gasteiger partial charge in [-0.3, -0.25) is 10.1 Å². The average Bonchev–Trinajstić information content (AvgIpc) is 2.37. The molecule has 8 nitrogen and oxygen atoms in total. The smallest absolute Gasteiger partial charge is 0.329 e. The number of nitrogen functional groups attached to an aromatic ring is 1. The van der Waals surface area contributed by atoms with Gasteiger partial charge in [-0.15, -0.1) is 0 Å². The summed E-state index contributed by atoms with van der Waals surface area (Å²) >= 11 is 0. The number of hydrogen-bond acceptors (Lipinski definition) is 7. The maximum atomic E-state index is 10.6. The predicted molar refractivity (Wildman–Crippen MR) is 71.9 cm³/mol. The van der Waals surface area contributed by atoms with Crippen LogP contribution in [0.2, 0.25) is 0 Å². The first-order chi connectivity index (χ1) is 9.10. The Morgan fingerprint density at radius 1 is 1.47 bits per heavy atom. The lowest BCUT2D eigenvalue weighted by Gasteiger charge is -2.21. The lowest BCUT2D eigenvalue weighted by Crippen LogP contribution is -2.29. The average molecular weight is 269 g/mol. The fourth-order valence-corrected chi connectivity index (χ4v) is 1.66. The lowest BCUT2D eigenvalue weighted by molar-refractivity contribution is -0.384. The van der Waals surface area contributed by atoms with Crippen molar-refractivity contribution in [2.24, 2.45) is 0 Å². The first-order valence-corrected chi connectivity index (χ1v) is 6.22. The van der Waals surface area contributed by atoms with Crippen LogP contribution in [-0.2, 0) is 0 Å². The lowest BCUT2D eigenvalue weighted by atomic mass is 10.2. The summed E-state index contributed by atoms with van der Waals surface area (Å²) in [6.07, 6.45) is 4.18. The molecule has 1 heterocycles. The van der Waals surface area contributed by atoms with Gasteiger partial charge in [-0.1, -0.05) is 19.8 Å². The van der Waals surface area contributed by atoms with E-state index in [1.54, 1.807) is 4.90 Å². The van der Waals surface area contributed by atoms with Crippen LogP contribution in [0, 0.1) is 10.1 Å². The molecule has 0 bridgehead atoms. The van der Waals surface area contributed by atoms with Crippen LogP contribution in [0.3, 0.4) is 0 Å². The van der Waals surface area contributed by atoms with E-state index in [0.29, 0.717) is 19.0 Å². The molecule has 1 aromatic rings. The summed E-state index contributed by atoms with van der Waals surface area (Å²) in [5, 5.41) is 19.7. The third kappa shape index (κ3) is 4.32. The van der Waals surface area contributed by atoms with Crippen molar-refractivity contribution in [1.29, 1.82) is 0 Å². The topological polar surface area (TPSA) is 118 Å². The Morgan fingerprint density at radius 3 is 2.74 bits per heavy atom. The van der Waals surface area contributed by atoms with Gasteiger partial charge < -0.3 is 15.7 Å². The number of nitro groups is 1. The second-order valence-electron chi connectivity index (χ2n) is 4.12. The molecule has 0 radical (unpaired) electrons. The highest BCUT2D eigenvalue weighted by Crippen LogP contribution is 2.20. The van der Waals surface area contributed by atoms with Crippen molar-refractivity contribution in [2.75, 3.05) is 30.3 Å². The van der Waals surface area contributed by atoms with Gasteiger partial charge in [-0.2, -0.15) is 4.98 Å². The summed E-state index contributed by atoms with van der Waals surface area (Å²) < 4.78 is 0. The molecule has 0 amide bonds. The van der Waals surface area contributed by atoms with Crippen molar-refractivity contribution in [3.05, 3.63) is 16.3 Å². The van der Waals surface area contributed by atoms with E-state index in [4.69, 9.17) is 10.8 Å². The van der Waals surface area contributed by atoms with Gasteiger partial charge in [0.05, 0.1) is 11.5 Å². The molecule has 0 aliphatic rings. The van der Waals surface area contributed by atoms with Crippen molar-refractivity contribution in [3.63, 3.8) is 0 Å². The molecular formula is C11H19N5O3. The molecule has 3 N–H and O–H groups in total. The Bertz CT molecular complexity index is 427. The van der Waals surface area contributed by atoms with Crippen molar-refractivity contribution in [2.45, 2.75) is 26.2 Å². The predicted octanol–water partition coefficient (Wildman–Crippen LogP) is 0.956. The number of rotatable bonds is 8. The maximum Gasteiger partial charge on any atom is 0.329 e. The highest BCUT2D eigenvalue weighted by atomic mass is 16.6. The van der Waals surface area contributed by atoms with Gasteiger partial charge in [0, 0.05) is 13.1 Å². The van der Waals surface area contributed by atoms with Crippen LogP contribution in [-0.4, -0.2) is 39.7 Å². The molecule has 8 heteroatoms. The van der Waals surface area contributed by atoms with Crippen LogP contribution >= 0.6 is 0 Å². The number of aliphatic hydroxyl groups excluding tert-OH is 1. The molecule has 1 rings (SSSR count). The number of hydrogen-bond donors (Lipinski definition) is 2. The van der Waals surface area contributed by atoms with E-state index in [2.05, 4.69) is 16.9 Å². The van der Waals surface area contributed by atoms with Gasteiger partial charge in [0.15, 0.2) is 0 Å². The zero-order valence-electron chi connectivity index (χ0n) is 10.9. The van der Waals surface area contributed by atoms with Crippen LogP contribution in [0.1, 0.15) is 26.2 Å². The molecule has 0 aliphatic carbocycles. The monoisotopic (exact) mass is 269 g/mol. The van der Waals surface area contributed by atoms with Gasteiger partial charge in [0.25, 0.3) is 0 Å². The maximum absolute atomic E-state index is 10.6. The second-order valence-corrected chi connectivity index (χ2v) is 4.12. The largest absolute Gasteiger partial charge is 0.395 e. The molecule has 106 valence electrons. The fourth-order valence-electron chi connectivity index (χ4n) is 1.66. The Kier molecular flexibility index (Phi) is 5.94. The molecule has 0 saturated heterocycles. The van der Waals surface area contributed by atoms with Crippen LogP contribution in [0.4, 0.5) is 17.5 Å². The summed E-state index contributed by atoms with van der Waals surface area (Å²) in [6, 6.07) is 0. The van der Waals surface area contributed by atoms with Crippen molar-refractivity contribution < 1.29 is 10.0 Å². The normalized spacial score (nSPS) is 10.4. The minimum Gasteiger partial charge on any atom is -0.395 e. The minimum atomic E-state index is -0.618. The molecule has 1 aromatic heterocycles. The zero-order chi connectivity index (χ0) is 14.3. The second kappa shape index (κ2) is 7.47. The van der Waals surface area contributed by atoms with E-state index in [1.807, 2.05) is 0 Å². The van der Waals surface area contributed by atoms with Crippen LogP contribution in [0.15, 0.2) is 6.20 Å². The summed E-state index contributed by atoms with van der Waals surface area (Å²) in [5.74, 6) is 0.154.